The monoisotopic (exact) mass is 274 g/mol. The average Bonchev–Trinajstić information content (AvgIpc) is 3.06. The summed E-state index contributed by atoms with van der Waals surface area (Å²) in [4.78, 5) is 18.9. The average molecular weight is 274 g/mol. The summed E-state index contributed by atoms with van der Waals surface area (Å²) in [5, 5.41) is 10.1. The van der Waals surface area contributed by atoms with Crippen LogP contribution in [0.4, 0.5) is 0 Å². The van der Waals surface area contributed by atoms with Crippen molar-refractivity contribution in [3.8, 4) is 0 Å². The second-order valence-electron chi connectivity index (χ2n) is 6.04. The summed E-state index contributed by atoms with van der Waals surface area (Å²) >= 11 is 0. The van der Waals surface area contributed by atoms with Gasteiger partial charge in [-0.25, -0.2) is 0 Å². The fourth-order valence-electron chi connectivity index (χ4n) is 3.75. The number of hydrogen-bond acceptors (Lipinski definition) is 3. The number of carbonyl (C=O) groups is 1. The zero-order valence-electron chi connectivity index (χ0n) is 12.0. The molecular weight excluding hydrogens is 252 g/mol. The molecule has 0 spiro atoms. The summed E-state index contributed by atoms with van der Waals surface area (Å²) < 4.78 is 0. The molecule has 4 nitrogen and oxygen atoms in total. The van der Waals surface area contributed by atoms with Crippen LogP contribution < -0.4 is 0 Å². The van der Waals surface area contributed by atoms with Crippen molar-refractivity contribution in [2.75, 3.05) is 6.54 Å². The van der Waals surface area contributed by atoms with Crippen LogP contribution in [0, 0.1) is 12.8 Å². The van der Waals surface area contributed by atoms with Gasteiger partial charge in [-0.2, -0.15) is 0 Å². The highest BCUT2D eigenvalue weighted by Gasteiger charge is 2.40. The van der Waals surface area contributed by atoms with Crippen LogP contribution in [0.25, 0.3) is 0 Å². The molecule has 3 unspecified atom stereocenters. The lowest BCUT2D eigenvalue weighted by molar-refractivity contribution is 0.0522. The van der Waals surface area contributed by atoms with E-state index >= 15 is 0 Å². The molecule has 0 aromatic carbocycles. The maximum atomic E-state index is 12.7. The van der Waals surface area contributed by atoms with Crippen LogP contribution in [0.1, 0.15) is 48.2 Å². The molecule has 3 rings (SSSR count). The van der Waals surface area contributed by atoms with Crippen molar-refractivity contribution in [1.29, 1.82) is 0 Å². The minimum atomic E-state index is -0.238. The van der Waals surface area contributed by atoms with Crippen molar-refractivity contribution >= 4 is 5.91 Å². The van der Waals surface area contributed by atoms with Gasteiger partial charge >= 0.3 is 0 Å². The molecule has 108 valence electrons. The fraction of sp³-hybridized carbons (Fsp3) is 0.625. The first kappa shape index (κ1) is 13.6. The van der Waals surface area contributed by atoms with Gasteiger partial charge in [0.25, 0.3) is 5.91 Å². The van der Waals surface area contributed by atoms with Crippen molar-refractivity contribution in [2.24, 2.45) is 5.92 Å². The second kappa shape index (κ2) is 5.52. The number of aliphatic hydroxyl groups is 1. The highest BCUT2D eigenvalue weighted by atomic mass is 16.3. The summed E-state index contributed by atoms with van der Waals surface area (Å²) in [5.74, 6) is 0.287. The Labute approximate surface area is 119 Å². The standard InChI is InChI=1S/C16H22N2O2/c1-11-5-3-9-17-15(11)16(20)18-10-4-7-13(18)12-6-2-8-14(12)19/h3,5,9,12-14,19H,2,4,6-8,10H2,1H3. The molecular formula is C16H22N2O2. The van der Waals surface area contributed by atoms with Crippen molar-refractivity contribution in [1.82, 2.24) is 9.88 Å². The Bertz CT molecular complexity index is 503. The van der Waals surface area contributed by atoms with E-state index in [9.17, 15) is 9.90 Å². The molecule has 1 saturated carbocycles. The normalized spacial score (nSPS) is 29.9. The van der Waals surface area contributed by atoms with E-state index in [1.807, 2.05) is 24.0 Å². The number of nitrogens with zero attached hydrogens (tertiary/aromatic N) is 2. The molecule has 0 bridgehead atoms. The molecule has 1 aromatic rings. The van der Waals surface area contributed by atoms with E-state index in [1.54, 1.807) is 6.20 Å². The Morgan fingerprint density at radius 2 is 2.20 bits per heavy atom. The molecule has 1 aliphatic heterocycles. The summed E-state index contributed by atoms with van der Waals surface area (Å²) in [5.41, 5.74) is 1.49. The van der Waals surface area contributed by atoms with Crippen LogP contribution in [-0.2, 0) is 0 Å². The predicted molar refractivity (Wildman–Crippen MR) is 76.4 cm³/mol. The maximum absolute atomic E-state index is 12.7. The Morgan fingerprint density at radius 1 is 1.35 bits per heavy atom. The molecule has 20 heavy (non-hydrogen) atoms. The molecule has 1 aliphatic carbocycles. The number of carbonyl (C=O) groups excluding carboxylic acids is 1. The first-order chi connectivity index (χ1) is 9.68. The molecule has 1 aromatic heterocycles. The summed E-state index contributed by atoms with van der Waals surface area (Å²) in [6, 6.07) is 3.98. The second-order valence-corrected chi connectivity index (χ2v) is 6.04. The Morgan fingerprint density at radius 3 is 2.90 bits per heavy atom. The predicted octanol–water partition coefficient (Wildman–Crippen LogP) is 2.16. The van der Waals surface area contributed by atoms with Gasteiger partial charge in [0.2, 0.25) is 0 Å². The van der Waals surface area contributed by atoms with E-state index < -0.39 is 0 Å². The van der Waals surface area contributed by atoms with Gasteiger partial charge in [-0.15, -0.1) is 0 Å². The first-order valence-electron chi connectivity index (χ1n) is 7.59. The SMILES string of the molecule is Cc1cccnc1C(=O)N1CCCC1C1CCCC1O. The number of aromatic nitrogens is 1. The smallest absolute Gasteiger partial charge is 0.272 e. The third kappa shape index (κ3) is 2.33. The van der Waals surface area contributed by atoms with Crippen LogP contribution in [0.15, 0.2) is 18.3 Å². The van der Waals surface area contributed by atoms with Crippen molar-refractivity contribution in [3.05, 3.63) is 29.6 Å². The minimum Gasteiger partial charge on any atom is -0.393 e. The molecule has 2 aliphatic rings. The molecule has 2 fully saturated rings. The number of likely N-dealkylation sites (tertiary alicyclic amines) is 1. The number of rotatable bonds is 2. The van der Waals surface area contributed by atoms with Crippen molar-refractivity contribution in [3.63, 3.8) is 0 Å². The molecule has 3 atom stereocenters. The van der Waals surface area contributed by atoms with E-state index in [-0.39, 0.29) is 24.0 Å². The highest BCUT2D eigenvalue weighted by molar-refractivity contribution is 5.94. The van der Waals surface area contributed by atoms with Crippen LogP contribution >= 0.6 is 0 Å². The van der Waals surface area contributed by atoms with E-state index in [4.69, 9.17) is 0 Å². The van der Waals surface area contributed by atoms with Crippen molar-refractivity contribution in [2.45, 2.75) is 51.2 Å². The van der Waals surface area contributed by atoms with E-state index in [2.05, 4.69) is 4.98 Å². The van der Waals surface area contributed by atoms with E-state index in [0.717, 1.165) is 44.2 Å². The van der Waals surface area contributed by atoms with Crippen molar-refractivity contribution < 1.29 is 9.90 Å². The fourth-order valence-corrected chi connectivity index (χ4v) is 3.75. The van der Waals surface area contributed by atoms with Gasteiger partial charge in [-0.05, 0) is 44.2 Å². The van der Waals surface area contributed by atoms with Gasteiger partial charge < -0.3 is 10.0 Å². The quantitative estimate of drug-likeness (QED) is 0.899. The third-order valence-corrected chi connectivity index (χ3v) is 4.80. The van der Waals surface area contributed by atoms with Gasteiger partial charge in [-0.3, -0.25) is 9.78 Å². The molecule has 4 heteroatoms. The Balaban J connectivity index is 1.82. The van der Waals surface area contributed by atoms with Gasteiger partial charge in [0.15, 0.2) is 0 Å². The lowest BCUT2D eigenvalue weighted by Gasteiger charge is -2.31. The summed E-state index contributed by atoms with van der Waals surface area (Å²) in [6.45, 7) is 2.72. The van der Waals surface area contributed by atoms with Gasteiger partial charge in [0.1, 0.15) is 5.69 Å². The zero-order chi connectivity index (χ0) is 14.1. The topological polar surface area (TPSA) is 53.4 Å². The molecule has 1 N–H and O–H groups in total. The highest BCUT2D eigenvalue weighted by Crippen LogP contribution is 2.36. The Hall–Kier alpha value is -1.42. The molecule has 1 saturated heterocycles. The molecule has 0 radical (unpaired) electrons. The lowest BCUT2D eigenvalue weighted by atomic mass is 9.94. The van der Waals surface area contributed by atoms with Gasteiger partial charge in [0, 0.05) is 24.7 Å². The van der Waals surface area contributed by atoms with Crippen LogP contribution in [0.2, 0.25) is 0 Å². The van der Waals surface area contributed by atoms with Crippen LogP contribution in [0.5, 0.6) is 0 Å². The number of amides is 1. The summed E-state index contributed by atoms with van der Waals surface area (Å²) in [6.07, 6.45) is 6.48. The zero-order valence-corrected chi connectivity index (χ0v) is 12.0. The van der Waals surface area contributed by atoms with E-state index in [1.165, 1.54) is 0 Å². The van der Waals surface area contributed by atoms with Crippen LogP contribution in [-0.4, -0.2) is 39.6 Å². The number of pyridine rings is 1. The number of aryl methyl sites for hydroxylation is 1. The third-order valence-electron chi connectivity index (χ3n) is 4.80. The van der Waals surface area contributed by atoms with E-state index in [0.29, 0.717) is 5.69 Å². The molecule has 2 heterocycles. The lowest BCUT2D eigenvalue weighted by Crippen LogP contribution is -2.43. The summed E-state index contributed by atoms with van der Waals surface area (Å²) in [7, 11) is 0. The number of aliphatic hydroxyl groups excluding tert-OH is 1. The molecule has 1 amide bonds. The Kier molecular flexibility index (Phi) is 3.74. The first-order valence-corrected chi connectivity index (χ1v) is 7.59. The maximum Gasteiger partial charge on any atom is 0.272 e. The largest absolute Gasteiger partial charge is 0.393 e. The van der Waals surface area contributed by atoms with Crippen LogP contribution in [0.3, 0.4) is 0 Å². The number of hydrogen-bond donors (Lipinski definition) is 1. The minimum absolute atomic E-state index is 0.0321. The van der Waals surface area contributed by atoms with Gasteiger partial charge in [-0.1, -0.05) is 12.5 Å². The van der Waals surface area contributed by atoms with Gasteiger partial charge in [0.05, 0.1) is 6.10 Å².